The van der Waals surface area contributed by atoms with Gasteiger partial charge in [-0.25, -0.2) is 0 Å². The summed E-state index contributed by atoms with van der Waals surface area (Å²) in [6.45, 7) is 4.97. The molecule has 0 N–H and O–H groups in total. The zero-order valence-corrected chi connectivity index (χ0v) is 12.8. The van der Waals surface area contributed by atoms with E-state index in [1.807, 2.05) is 11.8 Å². The second-order valence-electron chi connectivity index (χ2n) is 5.05. The molecule has 5 heteroatoms. The van der Waals surface area contributed by atoms with Gasteiger partial charge in [-0.05, 0) is 37.6 Å². The number of ether oxygens (including phenoxy) is 1. The van der Waals surface area contributed by atoms with Crippen molar-refractivity contribution >= 4 is 16.7 Å². The molecule has 1 aromatic rings. The van der Waals surface area contributed by atoms with E-state index in [1.165, 1.54) is 0 Å². The van der Waals surface area contributed by atoms with Crippen molar-refractivity contribution in [2.75, 3.05) is 32.6 Å². The van der Waals surface area contributed by atoms with Gasteiger partial charge in [0.2, 0.25) is 0 Å². The normalized spacial score (nSPS) is 19.8. The third-order valence-electron chi connectivity index (χ3n) is 3.60. The Labute approximate surface area is 122 Å². The molecule has 0 spiro atoms. The lowest BCUT2D eigenvalue weighted by Crippen LogP contribution is -2.35. The van der Waals surface area contributed by atoms with Crippen LogP contribution < -0.4 is 0 Å². The second kappa shape index (κ2) is 6.99. The predicted octanol–water partition coefficient (Wildman–Crippen LogP) is 1.92. The SMILES string of the molecule is CCN(C[C@H]1CCOC1)C(=O)c1ccc([S@@](C)=O)cc1. The number of nitrogens with zero attached hydrogens (tertiary/aromatic N) is 1. The largest absolute Gasteiger partial charge is 0.381 e. The van der Waals surface area contributed by atoms with E-state index in [-0.39, 0.29) is 5.91 Å². The zero-order valence-electron chi connectivity index (χ0n) is 12.0. The van der Waals surface area contributed by atoms with Crippen molar-refractivity contribution in [3.05, 3.63) is 29.8 Å². The second-order valence-corrected chi connectivity index (χ2v) is 6.43. The molecule has 0 radical (unpaired) electrons. The number of rotatable bonds is 5. The molecule has 20 heavy (non-hydrogen) atoms. The number of hydrogen-bond donors (Lipinski definition) is 0. The molecule has 1 aliphatic rings. The van der Waals surface area contributed by atoms with Crippen LogP contribution in [0.15, 0.2) is 29.2 Å². The van der Waals surface area contributed by atoms with Gasteiger partial charge >= 0.3 is 0 Å². The van der Waals surface area contributed by atoms with E-state index in [9.17, 15) is 9.00 Å². The lowest BCUT2D eigenvalue weighted by Gasteiger charge is -2.23. The van der Waals surface area contributed by atoms with Gasteiger partial charge < -0.3 is 9.64 Å². The van der Waals surface area contributed by atoms with Crippen molar-refractivity contribution in [2.24, 2.45) is 5.92 Å². The van der Waals surface area contributed by atoms with Crippen LogP contribution in [-0.4, -0.2) is 47.6 Å². The van der Waals surface area contributed by atoms with E-state index in [1.54, 1.807) is 30.5 Å². The molecule has 1 aromatic carbocycles. The Hall–Kier alpha value is -1.20. The molecule has 0 bridgehead atoms. The van der Waals surface area contributed by atoms with Gasteiger partial charge in [0.15, 0.2) is 0 Å². The molecular weight excluding hydrogens is 274 g/mol. The van der Waals surface area contributed by atoms with Gasteiger partial charge in [0, 0.05) is 53.1 Å². The van der Waals surface area contributed by atoms with Crippen LogP contribution in [0.4, 0.5) is 0 Å². The summed E-state index contributed by atoms with van der Waals surface area (Å²) in [6, 6.07) is 7.03. The molecule has 1 aliphatic heterocycles. The first kappa shape index (κ1) is 15.2. The summed E-state index contributed by atoms with van der Waals surface area (Å²) in [5.41, 5.74) is 0.653. The molecule has 1 saturated heterocycles. The van der Waals surface area contributed by atoms with Gasteiger partial charge in [0.05, 0.1) is 6.61 Å². The van der Waals surface area contributed by atoms with E-state index >= 15 is 0 Å². The molecule has 110 valence electrons. The van der Waals surface area contributed by atoms with Crippen molar-refractivity contribution in [1.82, 2.24) is 4.90 Å². The Morgan fingerprint density at radius 1 is 1.40 bits per heavy atom. The van der Waals surface area contributed by atoms with Gasteiger partial charge in [0.1, 0.15) is 0 Å². The van der Waals surface area contributed by atoms with E-state index in [0.717, 1.165) is 31.1 Å². The molecule has 0 unspecified atom stereocenters. The molecular formula is C15H21NO3S. The lowest BCUT2D eigenvalue weighted by molar-refractivity contribution is 0.0730. The van der Waals surface area contributed by atoms with Crippen LogP contribution in [0, 0.1) is 5.92 Å². The predicted molar refractivity (Wildman–Crippen MR) is 79.3 cm³/mol. The van der Waals surface area contributed by atoms with E-state index in [2.05, 4.69) is 0 Å². The third-order valence-corrected chi connectivity index (χ3v) is 4.54. The molecule has 4 nitrogen and oxygen atoms in total. The average Bonchev–Trinajstić information content (AvgIpc) is 2.97. The summed E-state index contributed by atoms with van der Waals surface area (Å²) in [7, 11) is -1.01. The fourth-order valence-electron chi connectivity index (χ4n) is 2.37. The van der Waals surface area contributed by atoms with Crippen LogP contribution in [0.3, 0.4) is 0 Å². The van der Waals surface area contributed by atoms with Gasteiger partial charge in [-0.3, -0.25) is 9.00 Å². The summed E-state index contributed by atoms with van der Waals surface area (Å²) in [4.78, 5) is 15.1. The maximum Gasteiger partial charge on any atom is 0.253 e. The fraction of sp³-hybridized carbons (Fsp3) is 0.533. The topological polar surface area (TPSA) is 46.6 Å². The van der Waals surface area contributed by atoms with E-state index in [4.69, 9.17) is 4.74 Å². The fourth-order valence-corrected chi connectivity index (χ4v) is 2.89. The van der Waals surface area contributed by atoms with Gasteiger partial charge in [-0.2, -0.15) is 0 Å². The Morgan fingerprint density at radius 3 is 2.60 bits per heavy atom. The molecule has 2 atom stereocenters. The minimum atomic E-state index is -1.01. The van der Waals surface area contributed by atoms with Gasteiger partial charge in [-0.1, -0.05) is 0 Å². The molecule has 1 heterocycles. The third kappa shape index (κ3) is 3.67. The summed E-state index contributed by atoms with van der Waals surface area (Å²) < 4.78 is 16.7. The minimum absolute atomic E-state index is 0.0350. The number of carbonyl (C=O) groups is 1. The highest BCUT2D eigenvalue weighted by atomic mass is 32.2. The monoisotopic (exact) mass is 295 g/mol. The maximum absolute atomic E-state index is 12.5. The molecule has 2 rings (SSSR count). The average molecular weight is 295 g/mol. The van der Waals surface area contributed by atoms with Crippen LogP contribution in [-0.2, 0) is 15.5 Å². The van der Waals surface area contributed by atoms with Crippen LogP contribution in [0.5, 0.6) is 0 Å². The van der Waals surface area contributed by atoms with Crippen LogP contribution >= 0.6 is 0 Å². The molecule has 1 amide bonds. The summed E-state index contributed by atoms with van der Waals surface area (Å²) in [6.07, 6.45) is 2.66. The van der Waals surface area contributed by atoms with Crippen molar-refractivity contribution in [2.45, 2.75) is 18.2 Å². The van der Waals surface area contributed by atoms with Gasteiger partial charge in [-0.15, -0.1) is 0 Å². The zero-order chi connectivity index (χ0) is 14.5. The van der Waals surface area contributed by atoms with Crippen molar-refractivity contribution in [3.8, 4) is 0 Å². The van der Waals surface area contributed by atoms with Crippen molar-refractivity contribution in [1.29, 1.82) is 0 Å². The van der Waals surface area contributed by atoms with Crippen LogP contribution in [0.2, 0.25) is 0 Å². The standard InChI is InChI=1S/C15H21NO3S/c1-3-16(10-12-8-9-19-11-12)15(17)13-4-6-14(7-5-13)20(2)18/h4-7,12H,3,8-11H2,1-2H3/t12-,20-/m1/s1. The highest BCUT2D eigenvalue weighted by Crippen LogP contribution is 2.16. The number of carbonyl (C=O) groups excluding carboxylic acids is 1. The summed E-state index contributed by atoms with van der Waals surface area (Å²) in [5, 5.41) is 0. The molecule has 0 aliphatic carbocycles. The summed E-state index contributed by atoms with van der Waals surface area (Å²) >= 11 is 0. The highest BCUT2D eigenvalue weighted by molar-refractivity contribution is 7.84. The molecule has 0 saturated carbocycles. The number of amides is 1. The Morgan fingerprint density at radius 2 is 2.10 bits per heavy atom. The maximum atomic E-state index is 12.5. The van der Waals surface area contributed by atoms with Crippen molar-refractivity contribution in [3.63, 3.8) is 0 Å². The van der Waals surface area contributed by atoms with Crippen molar-refractivity contribution < 1.29 is 13.7 Å². The van der Waals surface area contributed by atoms with E-state index in [0.29, 0.717) is 18.0 Å². The van der Waals surface area contributed by atoms with Crippen LogP contribution in [0.1, 0.15) is 23.7 Å². The van der Waals surface area contributed by atoms with E-state index < -0.39 is 10.8 Å². The number of benzene rings is 1. The number of hydrogen-bond acceptors (Lipinski definition) is 3. The molecule has 0 aromatic heterocycles. The van der Waals surface area contributed by atoms with Crippen LogP contribution in [0.25, 0.3) is 0 Å². The molecule has 1 fully saturated rings. The summed E-state index contributed by atoms with van der Waals surface area (Å²) in [5.74, 6) is 0.481. The Bertz CT molecular complexity index is 480. The van der Waals surface area contributed by atoms with Gasteiger partial charge in [0.25, 0.3) is 5.91 Å². The quantitative estimate of drug-likeness (QED) is 0.834. The first-order valence-electron chi connectivity index (χ1n) is 6.92. The first-order valence-corrected chi connectivity index (χ1v) is 8.48. The first-order chi connectivity index (χ1) is 9.61. The smallest absolute Gasteiger partial charge is 0.253 e. The minimum Gasteiger partial charge on any atom is -0.381 e. The Balaban J connectivity index is 2.05. The lowest BCUT2D eigenvalue weighted by atomic mass is 10.1. The Kier molecular flexibility index (Phi) is 5.31. The highest BCUT2D eigenvalue weighted by Gasteiger charge is 2.22.